The maximum atomic E-state index is 13.4. The molecule has 0 radical (unpaired) electrons. The average molecular weight is 425 g/mol. The summed E-state index contributed by atoms with van der Waals surface area (Å²) in [6.45, 7) is 2.31. The van der Waals surface area contributed by atoms with Gasteiger partial charge in [0.2, 0.25) is 0 Å². The van der Waals surface area contributed by atoms with Crippen molar-refractivity contribution in [3.8, 4) is 5.75 Å². The number of benzene rings is 1. The van der Waals surface area contributed by atoms with Gasteiger partial charge in [0.25, 0.3) is 11.8 Å². The van der Waals surface area contributed by atoms with E-state index in [1.54, 1.807) is 19.0 Å². The zero-order valence-corrected chi connectivity index (χ0v) is 18.3. The van der Waals surface area contributed by atoms with Crippen LogP contribution in [-0.2, 0) is 11.4 Å². The zero-order valence-electron chi connectivity index (χ0n) is 17.5. The van der Waals surface area contributed by atoms with Crippen LogP contribution in [0.2, 0.25) is 0 Å². The number of hydroxylamine groups is 2. The van der Waals surface area contributed by atoms with Crippen LogP contribution in [0.3, 0.4) is 0 Å². The number of hydrogen-bond acceptors (Lipinski definition) is 5. The number of amides is 2. The van der Waals surface area contributed by atoms with Gasteiger partial charge < -0.3 is 9.64 Å². The van der Waals surface area contributed by atoms with Gasteiger partial charge in [-0.25, -0.2) is 5.06 Å². The Labute approximate surface area is 180 Å². The summed E-state index contributed by atoms with van der Waals surface area (Å²) >= 11 is 1.29. The third-order valence-electron chi connectivity index (χ3n) is 5.84. The second kappa shape index (κ2) is 7.74. The molecule has 2 amide bonds. The van der Waals surface area contributed by atoms with E-state index >= 15 is 0 Å². The largest absolute Gasteiger partial charge is 0.486 e. The molecule has 1 aromatic carbocycles. The van der Waals surface area contributed by atoms with Gasteiger partial charge in [-0.3, -0.25) is 14.4 Å². The molecule has 1 atom stereocenters. The molecule has 6 nitrogen and oxygen atoms in total. The number of carbonyl (C=O) groups is 2. The van der Waals surface area contributed by atoms with Crippen LogP contribution in [-0.4, -0.2) is 48.5 Å². The van der Waals surface area contributed by atoms with Crippen molar-refractivity contribution in [1.82, 2.24) is 9.96 Å². The van der Waals surface area contributed by atoms with E-state index in [0.29, 0.717) is 16.2 Å². The predicted molar refractivity (Wildman–Crippen MR) is 116 cm³/mol. The van der Waals surface area contributed by atoms with Crippen LogP contribution in [0.15, 0.2) is 48.6 Å². The van der Waals surface area contributed by atoms with E-state index in [1.807, 2.05) is 42.5 Å². The fourth-order valence-corrected chi connectivity index (χ4v) is 5.17. The van der Waals surface area contributed by atoms with Crippen LogP contribution in [0.25, 0.3) is 5.57 Å². The third kappa shape index (κ3) is 3.14. The molecule has 1 unspecified atom stereocenters. The number of rotatable bonds is 5. The molecule has 156 valence electrons. The van der Waals surface area contributed by atoms with Crippen molar-refractivity contribution in [3.05, 3.63) is 69.4 Å². The Hall–Kier alpha value is -2.90. The van der Waals surface area contributed by atoms with Crippen molar-refractivity contribution < 1.29 is 19.2 Å². The van der Waals surface area contributed by atoms with Crippen molar-refractivity contribution >= 4 is 28.7 Å². The topological polar surface area (TPSA) is 59.1 Å². The van der Waals surface area contributed by atoms with E-state index in [-0.39, 0.29) is 18.4 Å². The quantitative estimate of drug-likeness (QED) is 0.677. The van der Waals surface area contributed by atoms with Crippen molar-refractivity contribution in [2.75, 3.05) is 21.2 Å². The molecule has 30 heavy (non-hydrogen) atoms. The van der Waals surface area contributed by atoms with Gasteiger partial charge in [0, 0.05) is 14.1 Å². The number of fused-ring (bicyclic) bond motifs is 3. The van der Waals surface area contributed by atoms with Gasteiger partial charge in [-0.1, -0.05) is 48.6 Å². The van der Waals surface area contributed by atoms with Crippen LogP contribution >= 0.6 is 11.3 Å². The SMILES string of the molecule is CON(C)C(=O)c1sc2c(c1OCc1ccccc1)C(=O)N(C)C1(C)CC=CC=C21. The number of allylic oxidation sites excluding steroid dienone is 2. The lowest BCUT2D eigenvalue weighted by atomic mass is 9.78. The van der Waals surface area contributed by atoms with Gasteiger partial charge in [0.05, 0.1) is 17.5 Å². The van der Waals surface area contributed by atoms with Gasteiger partial charge in [0.1, 0.15) is 17.0 Å². The van der Waals surface area contributed by atoms with E-state index in [4.69, 9.17) is 9.57 Å². The first-order valence-electron chi connectivity index (χ1n) is 9.70. The van der Waals surface area contributed by atoms with Crippen molar-refractivity contribution in [2.24, 2.45) is 0 Å². The number of hydrogen-bond donors (Lipinski definition) is 0. The highest BCUT2D eigenvalue weighted by molar-refractivity contribution is 7.16. The Morgan fingerprint density at radius 1 is 1.30 bits per heavy atom. The van der Waals surface area contributed by atoms with E-state index in [0.717, 1.165) is 27.5 Å². The van der Waals surface area contributed by atoms with Crippen LogP contribution < -0.4 is 4.74 Å². The van der Waals surface area contributed by atoms with E-state index < -0.39 is 5.54 Å². The summed E-state index contributed by atoms with van der Waals surface area (Å²) in [5, 5.41) is 1.15. The maximum Gasteiger partial charge on any atom is 0.291 e. The first-order valence-corrected chi connectivity index (χ1v) is 10.5. The summed E-state index contributed by atoms with van der Waals surface area (Å²) in [6.07, 6.45) is 6.80. The molecule has 1 aromatic heterocycles. The molecule has 2 aliphatic rings. The normalized spacial score (nSPS) is 19.8. The fraction of sp³-hybridized carbons (Fsp3) is 0.304. The molecule has 0 saturated carbocycles. The molecule has 1 aliphatic carbocycles. The van der Waals surface area contributed by atoms with Crippen molar-refractivity contribution in [3.63, 3.8) is 0 Å². The molecule has 0 spiro atoms. The van der Waals surface area contributed by atoms with Gasteiger partial charge in [0.15, 0.2) is 5.75 Å². The van der Waals surface area contributed by atoms with Crippen LogP contribution in [0.5, 0.6) is 5.75 Å². The highest BCUT2D eigenvalue weighted by Gasteiger charge is 2.47. The predicted octanol–water partition coefficient (Wildman–Crippen LogP) is 4.15. The van der Waals surface area contributed by atoms with Gasteiger partial charge in [-0.15, -0.1) is 11.3 Å². The highest BCUT2D eigenvalue weighted by atomic mass is 32.1. The molecule has 0 saturated heterocycles. The Morgan fingerprint density at radius 2 is 2.03 bits per heavy atom. The monoisotopic (exact) mass is 424 g/mol. The second-order valence-corrected chi connectivity index (χ2v) is 8.60. The smallest absolute Gasteiger partial charge is 0.291 e. The summed E-state index contributed by atoms with van der Waals surface area (Å²) in [5.41, 5.74) is 1.98. The third-order valence-corrected chi connectivity index (χ3v) is 7.03. The summed E-state index contributed by atoms with van der Waals surface area (Å²) in [6, 6.07) is 9.68. The molecule has 0 bridgehead atoms. The van der Waals surface area contributed by atoms with Gasteiger partial charge in [-0.2, -0.15) is 0 Å². The van der Waals surface area contributed by atoms with Crippen molar-refractivity contribution in [2.45, 2.75) is 25.5 Å². The first-order chi connectivity index (χ1) is 14.4. The zero-order chi connectivity index (χ0) is 21.5. The molecular formula is C23H24N2O4S. The van der Waals surface area contributed by atoms with E-state index in [1.165, 1.54) is 18.4 Å². The summed E-state index contributed by atoms with van der Waals surface area (Å²) in [7, 11) is 4.78. The Kier molecular flexibility index (Phi) is 5.26. The number of carbonyl (C=O) groups excluding carboxylic acids is 2. The minimum Gasteiger partial charge on any atom is -0.486 e. The molecule has 0 N–H and O–H groups in total. The van der Waals surface area contributed by atoms with Crippen LogP contribution in [0.4, 0.5) is 0 Å². The number of likely N-dealkylation sites (N-methyl/N-ethyl adjacent to an activating group) is 1. The molecule has 2 aromatic rings. The summed E-state index contributed by atoms with van der Waals surface area (Å²) in [5.74, 6) is -0.162. The lowest BCUT2D eigenvalue weighted by Crippen LogP contribution is -2.51. The average Bonchev–Trinajstić information content (AvgIpc) is 3.15. The number of thiophene rings is 1. The van der Waals surface area contributed by atoms with Crippen LogP contribution in [0.1, 0.15) is 43.8 Å². The Morgan fingerprint density at radius 3 is 2.73 bits per heavy atom. The minimum absolute atomic E-state index is 0.140. The number of ether oxygens (including phenoxy) is 1. The second-order valence-electron chi connectivity index (χ2n) is 7.57. The minimum atomic E-state index is -0.451. The Balaban J connectivity index is 1.86. The molecule has 7 heteroatoms. The molecule has 0 fully saturated rings. The lowest BCUT2D eigenvalue weighted by Gasteiger charge is -2.44. The van der Waals surface area contributed by atoms with E-state index in [9.17, 15) is 9.59 Å². The summed E-state index contributed by atoms with van der Waals surface area (Å²) < 4.78 is 6.12. The maximum absolute atomic E-state index is 13.4. The molecule has 1 aliphatic heterocycles. The fourth-order valence-electron chi connectivity index (χ4n) is 3.82. The highest BCUT2D eigenvalue weighted by Crippen LogP contribution is 2.51. The Bertz CT molecular complexity index is 1060. The molecule has 4 rings (SSSR count). The summed E-state index contributed by atoms with van der Waals surface area (Å²) in [4.78, 5) is 34.5. The van der Waals surface area contributed by atoms with Gasteiger partial charge in [-0.05, 0) is 24.5 Å². The first kappa shape index (κ1) is 20.4. The molecule has 2 heterocycles. The molecular weight excluding hydrogens is 400 g/mol. The standard InChI is InChI=1S/C23H24N2O4S/c1-23-13-9-8-12-16(23)19-17(21(26)24(23)2)18(20(30-19)22(27)25(3)28-4)29-14-15-10-6-5-7-11-15/h5-12H,13-14H2,1-4H3. The lowest BCUT2D eigenvalue weighted by molar-refractivity contribution is -0.0755. The van der Waals surface area contributed by atoms with Crippen molar-refractivity contribution in [1.29, 1.82) is 0 Å². The van der Waals surface area contributed by atoms with Gasteiger partial charge >= 0.3 is 0 Å². The van der Waals surface area contributed by atoms with E-state index in [2.05, 4.69) is 13.0 Å². The number of nitrogens with zero attached hydrogens (tertiary/aromatic N) is 2. The van der Waals surface area contributed by atoms with Crippen LogP contribution in [0, 0.1) is 0 Å².